The Morgan fingerprint density at radius 2 is 1.95 bits per heavy atom. The van der Waals surface area contributed by atoms with Crippen LogP contribution in [0, 0.1) is 0 Å². The van der Waals surface area contributed by atoms with Crippen LogP contribution in [0.4, 0.5) is 13.2 Å². The largest absolute Gasteiger partial charge is 0.573 e. The van der Waals surface area contributed by atoms with E-state index in [1.165, 1.54) is 24.4 Å². The molecular weight excluding hydrogens is 283 g/mol. The number of hydrogen-bond donors (Lipinski definition) is 1. The monoisotopic (exact) mass is 289 g/mol. The van der Waals surface area contributed by atoms with Gasteiger partial charge in [-0.2, -0.15) is 0 Å². The summed E-state index contributed by atoms with van der Waals surface area (Å²) in [4.78, 5) is 14.0. The Hall–Kier alpha value is -1.95. The fourth-order valence-corrected chi connectivity index (χ4v) is 1.70. The van der Waals surface area contributed by atoms with Crippen LogP contribution < -0.4 is 10.3 Å². The van der Waals surface area contributed by atoms with E-state index in [1.54, 1.807) is 0 Å². The van der Waals surface area contributed by atoms with Crippen LogP contribution in [0.25, 0.3) is 11.1 Å². The third kappa shape index (κ3) is 3.51. The summed E-state index contributed by atoms with van der Waals surface area (Å²) in [5.41, 5.74) is -0.000756. The fraction of sp³-hybridized carbons (Fsp3) is 0.0833. The summed E-state index contributed by atoms with van der Waals surface area (Å²) in [6, 6.07) is 6.48. The molecule has 0 spiro atoms. The van der Waals surface area contributed by atoms with Gasteiger partial charge < -0.3 is 9.72 Å². The molecule has 1 N–H and O–H groups in total. The summed E-state index contributed by atoms with van der Waals surface area (Å²) in [7, 11) is 0. The van der Waals surface area contributed by atoms with Crippen molar-refractivity contribution in [2.75, 3.05) is 0 Å². The topological polar surface area (TPSA) is 42.1 Å². The van der Waals surface area contributed by atoms with Crippen molar-refractivity contribution in [3.8, 4) is 16.9 Å². The van der Waals surface area contributed by atoms with E-state index in [2.05, 4.69) is 9.72 Å². The van der Waals surface area contributed by atoms with E-state index in [1.807, 2.05) is 0 Å². The zero-order valence-electron chi connectivity index (χ0n) is 9.29. The van der Waals surface area contributed by atoms with Crippen molar-refractivity contribution in [1.29, 1.82) is 0 Å². The molecule has 0 fully saturated rings. The second-order valence-electron chi connectivity index (χ2n) is 3.64. The minimum Gasteiger partial charge on any atom is -0.406 e. The molecular formula is C12H7ClF3NO2. The molecule has 3 nitrogen and oxygen atoms in total. The molecule has 19 heavy (non-hydrogen) atoms. The number of aromatic nitrogens is 1. The normalized spacial score (nSPS) is 11.4. The maximum absolute atomic E-state index is 12.1. The Labute approximate surface area is 110 Å². The SMILES string of the molecule is O=c1[nH]cc(Cl)cc1-c1cccc(OC(F)(F)F)c1. The molecule has 2 aromatic rings. The standard InChI is InChI=1S/C12H7ClF3NO2/c13-8-5-10(11(18)17-6-8)7-2-1-3-9(4-7)19-12(14,15)16/h1-6H,(H,17,18). The van der Waals surface area contributed by atoms with Crippen LogP contribution in [-0.2, 0) is 0 Å². The van der Waals surface area contributed by atoms with Gasteiger partial charge in [-0.1, -0.05) is 23.7 Å². The number of alkyl halides is 3. The summed E-state index contributed by atoms with van der Waals surface area (Å²) in [5, 5.41) is 0.275. The van der Waals surface area contributed by atoms with E-state index in [9.17, 15) is 18.0 Å². The number of H-pyrrole nitrogens is 1. The zero-order chi connectivity index (χ0) is 14.0. The van der Waals surface area contributed by atoms with Crippen LogP contribution in [0.15, 0.2) is 41.3 Å². The lowest BCUT2D eigenvalue weighted by atomic mass is 10.1. The molecule has 0 aliphatic carbocycles. The van der Waals surface area contributed by atoms with Gasteiger partial charge in [0.25, 0.3) is 5.56 Å². The smallest absolute Gasteiger partial charge is 0.406 e. The highest BCUT2D eigenvalue weighted by molar-refractivity contribution is 6.30. The number of pyridine rings is 1. The first kappa shape index (κ1) is 13.5. The quantitative estimate of drug-likeness (QED) is 0.918. The van der Waals surface area contributed by atoms with Gasteiger partial charge in [0.05, 0.1) is 5.02 Å². The number of benzene rings is 1. The first-order valence-corrected chi connectivity index (χ1v) is 5.47. The molecule has 7 heteroatoms. The van der Waals surface area contributed by atoms with Crippen LogP contribution in [0.1, 0.15) is 0 Å². The van der Waals surface area contributed by atoms with Crippen molar-refractivity contribution in [1.82, 2.24) is 4.98 Å². The van der Waals surface area contributed by atoms with E-state index in [4.69, 9.17) is 11.6 Å². The highest BCUT2D eigenvalue weighted by Crippen LogP contribution is 2.27. The van der Waals surface area contributed by atoms with Gasteiger partial charge in [0.1, 0.15) is 5.75 Å². The molecule has 0 saturated carbocycles. The summed E-state index contributed by atoms with van der Waals surface area (Å²) in [6.45, 7) is 0. The lowest BCUT2D eigenvalue weighted by Crippen LogP contribution is -2.17. The molecule has 1 heterocycles. The maximum Gasteiger partial charge on any atom is 0.573 e. The Balaban J connectivity index is 2.43. The summed E-state index contributed by atoms with van der Waals surface area (Å²) in [6.07, 6.45) is -3.48. The lowest BCUT2D eigenvalue weighted by Gasteiger charge is -2.09. The summed E-state index contributed by atoms with van der Waals surface area (Å²) >= 11 is 5.73. The van der Waals surface area contributed by atoms with Gasteiger partial charge in [0, 0.05) is 11.8 Å². The molecule has 2 rings (SSSR count). The van der Waals surface area contributed by atoms with Gasteiger partial charge >= 0.3 is 6.36 Å². The van der Waals surface area contributed by atoms with Gasteiger partial charge in [0.2, 0.25) is 0 Å². The molecule has 0 saturated heterocycles. The van der Waals surface area contributed by atoms with E-state index in [0.29, 0.717) is 0 Å². The maximum atomic E-state index is 12.1. The predicted molar refractivity (Wildman–Crippen MR) is 64.2 cm³/mol. The van der Waals surface area contributed by atoms with Gasteiger partial charge in [-0.25, -0.2) is 0 Å². The molecule has 0 unspecified atom stereocenters. The highest BCUT2D eigenvalue weighted by atomic mass is 35.5. The van der Waals surface area contributed by atoms with Crippen LogP contribution in [0.2, 0.25) is 5.02 Å². The minimum atomic E-state index is -4.78. The van der Waals surface area contributed by atoms with Crippen LogP contribution in [0.3, 0.4) is 0 Å². The molecule has 0 aliphatic heterocycles. The van der Waals surface area contributed by atoms with Crippen LogP contribution in [-0.4, -0.2) is 11.3 Å². The molecule has 0 bridgehead atoms. The predicted octanol–water partition coefficient (Wildman–Crippen LogP) is 3.59. The van der Waals surface area contributed by atoms with Crippen molar-refractivity contribution in [3.63, 3.8) is 0 Å². The van der Waals surface area contributed by atoms with Crippen molar-refractivity contribution in [2.45, 2.75) is 6.36 Å². The molecule has 0 atom stereocenters. The zero-order valence-corrected chi connectivity index (χ0v) is 10.0. The highest BCUT2D eigenvalue weighted by Gasteiger charge is 2.31. The Bertz CT molecular complexity index is 652. The van der Waals surface area contributed by atoms with Gasteiger partial charge in [-0.3, -0.25) is 4.79 Å². The van der Waals surface area contributed by atoms with Crippen molar-refractivity contribution < 1.29 is 17.9 Å². The molecule has 100 valence electrons. The van der Waals surface area contributed by atoms with Gasteiger partial charge in [-0.05, 0) is 23.8 Å². The van der Waals surface area contributed by atoms with Crippen molar-refractivity contribution in [3.05, 3.63) is 51.9 Å². The fourth-order valence-electron chi connectivity index (χ4n) is 1.53. The number of rotatable bonds is 2. The van der Waals surface area contributed by atoms with E-state index in [0.717, 1.165) is 12.1 Å². The Morgan fingerprint density at radius 3 is 2.63 bits per heavy atom. The first-order chi connectivity index (χ1) is 8.85. The second kappa shape index (κ2) is 4.97. The summed E-state index contributed by atoms with van der Waals surface area (Å²) in [5.74, 6) is -0.399. The van der Waals surface area contributed by atoms with E-state index >= 15 is 0 Å². The van der Waals surface area contributed by atoms with Crippen LogP contribution >= 0.6 is 11.6 Å². The van der Waals surface area contributed by atoms with Gasteiger partial charge in [-0.15, -0.1) is 13.2 Å². The average Bonchev–Trinajstić information content (AvgIpc) is 2.30. The Morgan fingerprint density at radius 1 is 1.21 bits per heavy atom. The molecule has 0 amide bonds. The number of hydrogen-bond acceptors (Lipinski definition) is 2. The molecule has 0 radical (unpaired) electrons. The van der Waals surface area contributed by atoms with Crippen LogP contribution in [0.5, 0.6) is 5.75 Å². The number of nitrogens with one attached hydrogen (secondary N) is 1. The summed E-state index contributed by atoms with van der Waals surface area (Å²) < 4.78 is 40.1. The second-order valence-corrected chi connectivity index (χ2v) is 4.07. The first-order valence-electron chi connectivity index (χ1n) is 5.09. The number of aromatic amines is 1. The van der Waals surface area contributed by atoms with Crippen molar-refractivity contribution in [2.24, 2.45) is 0 Å². The van der Waals surface area contributed by atoms with E-state index in [-0.39, 0.29) is 16.1 Å². The molecule has 0 aliphatic rings. The third-order valence-corrected chi connectivity index (χ3v) is 2.46. The van der Waals surface area contributed by atoms with E-state index < -0.39 is 17.7 Å². The molecule has 1 aromatic carbocycles. The lowest BCUT2D eigenvalue weighted by molar-refractivity contribution is -0.274. The average molecular weight is 290 g/mol. The molecule has 1 aromatic heterocycles. The Kier molecular flexibility index (Phi) is 3.53. The number of ether oxygens (including phenoxy) is 1. The number of halogens is 4. The van der Waals surface area contributed by atoms with Crippen molar-refractivity contribution >= 4 is 11.6 Å². The van der Waals surface area contributed by atoms with Gasteiger partial charge in [0.15, 0.2) is 0 Å². The third-order valence-electron chi connectivity index (χ3n) is 2.25. The minimum absolute atomic E-state index is 0.167.